The van der Waals surface area contributed by atoms with Gasteiger partial charge in [0.2, 0.25) is 0 Å². The van der Waals surface area contributed by atoms with Gasteiger partial charge in [-0.1, -0.05) is 23.7 Å². The predicted molar refractivity (Wildman–Crippen MR) is 73.0 cm³/mol. The zero-order valence-electron chi connectivity index (χ0n) is 10.8. The van der Waals surface area contributed by atoms with E-state index in [9.17, 15) is 0 Å². The van der Waals surface area contributed by atoms with E-state index in [1.54, 1.807) is 11.0 Å². The minimum Gasteiger partial charge on any atom is -0.305 e. The first-order chi connectivity index (χ1) is 8.47. The van der Waals surface area contributed by atoms with Crippen LogP contribution in [0.2, 0.25) is 5.02 Å². The lowest BCUT2D eigenvalue weighted by Crippen LogP contribution is -2.35. The monoisotopic (exact) mass is 264 g/mol. The molecule has 0 bridgehead atoms. The molecular weight excluding hydrogens is 248 g/mol. The smallest absolute Gasteiger partial charge is 0.146 e. The molecule has 0 unspecified atom stereocenters. The van der Waals surface area contributed by atoms with Crippen LogP contribution in [0.15, 0.2) is 30.6 Å². The van der Waals surface area contributed by atoms with Crippen LogP contribution in [0.5, 0.6) is 0 Å². The molecule has 1 heterocycles. The lowest BCUT2D eigenvalue weighted by Gasteiger charge is -2.20. The summed E-state index contributed by atoms with van der Waals surface area (Å²) in [4.78, 5) is 4.27. The average Bonchev–Trinajstić information content (AvgIpc) is 2.74. The maximum atomic E-state index is 6.17. The van der Waals surface area contributed by atoms with Gasteiger partial charge < -0.3 is 5.32 Å². The highest BCUT2D eigenvalue weighted by Crippen LogP contribution is 2.19. The van der Waals surface area contributed by atoms with Crippen LogP contribution >= 0.6 is 11.6 Å². The molecule has 0 saturated carbocycles. The summed E-state index contributed by atoms with van der Waals surface area (Å²) in [7, 11) is 0. The molecule has 5 heteroatoms. The number of hydrogen-bond acceptors (Lipinski definition) is 3. The predicted octanol–water partition coefficient (Wildman–Crippen LogP) is 2.81. The first kappa shape index (κ1) is 13.1. The van der Waals surface area contributed by atoms with Crippen LogP contribution in [0, 0.1) is 0 Å². The zero-order chi connectivity index (χ0) is 13.2. The van der Waals surface area contributed by atoms with Gasteiger partial charge in [0, 0.05) is 5.54 Å². The van der Waals surface area contributed by atoms with Crippen molar-refractivity contribution in [3.05, 3.63) is 41.4 Å². The van der Waals surface area contributed by atoms with Crippen LogP contribution in [0.1, 0.15) is 26.6 Å². The van der Waals surface area contributed by atoms with Gasteiger partial charge in [-0.2, -0.15) is 5.10 Å². The Labute approximate surface area is 112 Å². The van der Waals surface area contributed by atoms with Crippen molar-refractivity contribution >= 4 is 11.6 Å². The van der Waals surface area contributed by atoms with Crippen molar-refractivity contribution in [2.24, 2.45) is 0 Å². The molecule has 1 aromatic heterocycles. The van der Waals surface area contributed by atoms with Gasteiger partial charge in [-0.05, 0) is 32.9 Å². The molecule has 0 amide bonds. The van der Waals surface area contributed by atoms with E-state index in [2.05, 4.69) is 36.2 Å². The minimum atomic E-state index is 0.0390. The zero-order valence-corrected chi connectivity index (χ0v) is 11.6. The summed E-state index contributed by atoms with van der Waals surface area (Å²) in [5.41, 5.74) is 0.888. The van der Waals surface area contributed by atoms with Crippen molar-refractivity contribution in [3.8, 4) is 5.69 Å². The van der Waals surface area contributed by atoms with E-state index < -0.39 is 0 Å². The normalized spacial score (nSPS) is 11.8. The lowest BCUT2D eigenvalue weighted by atomic mass is 10.1. The number of hydrogen-bond donors (Lipinski definition) is 1. The molecule has 1 aromatic carbocycles. The number of rotatable bonds is 3. The van der Waals surface area contributed by atoms with Crippen molar-refractivity contribution in [2.75, 3.05) is 0 Å². The van der Waals surface area contributed by atoms with Crippen LogP contribution in [0.3, 0.4) is 0 Å². The second kappa shape index (κ2) is 5.08. The largest absolute Gasteiger partial charge is 0.305 e. The highest BCUT2D eigenvalue weighted by molar-refractivity contribution is 6.32. The Kier molecular flexibility index (Phi) is 3.68. The summed E-state index contributed by atoms with van der Waals surface area (Å²) in [6.07, 6.45) is 1.54. The van der Waals surface area contributed by atoms with Crippen LogP contribution < -0.4 is 5.32 Å². The highest BCUT2D eigenvalue weighted by Gasteiger charge is 2.13. The molecule has 1 N–H and O–H groups in total. The van der Waals surface area contributed by atoms with Crippen LogP contribution in [-0.2, 0) is 6.54 Å². The number of halogens is 1. The summed E-state index contributed by atoms with van der Waals surface area (Å²) >= 11 is 6.17. The maximum absolute atomic E-state index is 6.17. The number of benzene rings is 1. The van der Waals surface area contributed by atoms with Gasteiger partial charge in [0.1, 0.15) is 12.2 Å². The van der Waals surface area contributed by atoms with E-state index in [0.29, 0.717) is 11.6 Å². The molecule has 0 fully saturated rings. The number of aromatic nitrogens is 3. The van der Waals surface area contributed by atoms with Crippen LogP contribution in [0.25, 0.3) is 5.69 Å². The fourth-order valence-electron chi connectivity index (χ4n) is 1.55. The van der Waals surface area contributed by atoms with Crippen LogP contribution in [0.4, 0.5) is 0 Å². The van der Waals surface area contributed by atoms with Crippen molar-refractivity contribution in [1.29, 1.82) is 0 Å². The Bertz CT molecular complexity index is 528. The third kappa shape index (κ3) is 3.09. The molecule has 0 atom stereocenters. The molecule has 0 saturated heterocycles. The average molecular weight is 265 g/mol. The molecule has 0 aliphatic carbocycles. The molecule has 0 spiro atoms. The van der Waals surface area contributed by atoms with E-state index in [4.69, 9.17) is 11.6 Å². The molecule has 0 radical (unpaired) electrons. The number of nitrogens with zero attached hydrogens (tertiary/aromatic N) is 3. The Morgan fingerprint density at radius 3 is 2.67 bits per heavy atom. The van der Waals surface area contributed by atoms with Gasteiger partial charge in [-0.3, -0.25) is 0 Å². The van der Waals surface area contributed by atoms with Crippen molar-refractivity contribution in [1.82, 2.24) is 20.1 Å². The van der Waals surface area contributed by atoms with Gasteiger partial charge in [0.05, 0.1) is 17.3 Å². The van der Waals surface area contributed by atoms with Gasteiger partial charge in [0.15, 0.2) is 0 Å². The summed E-state index contributed by atoms with van der Waals surface area (Å²) in [5.74, 6) is 0.845. The molecule has 0 aliphatic heterocycles. The lowest BCUT2D eigenvalue weighted by molar-refractivity contribution is 0.415. The fraction of sp³-hybridized carbons (Fsp3) is 0.385. The van der Waals surface area contributed by atoms with Gasteiger partial charge in [-0.15, -0.1) is 0 Å². The molecule has 2 aromatic rings. The summed E-state index contributed by atoms with van der Waals surface area (Å²) in [6, 6.07) is 7.61. The highest BCUT2D eigenvalue weighted by atomic mass is 35.5. The van der Waals surface area contributed by atoms with E-state index in [1.807, 2.05) is 24.3 Å². The second-order valence-electron chi connectivity index (χ2n) is 5.14. The summed E-state index contributed by atoms with van der Waals surface area (Å²) in [6.45, 7) is 6.99. The van der Waals surface area contributed by atoms with Crippen LogP contribution in [-0.4, -0.2) is 20.3 Å². The molecule has 2 rings (SSSR count). The Morgan fingerprint density at radius 2 is 2.00 bits per heavy atom. The fourth-order valence-corrected chi connectivity index (χ4v) is 1.77. The van der Waals surface area contributed by atoms with Crippen molar-refractivity contribution < 1.29 is 0 Å². The summed E-state index contributed by atoms with van der Waals surface area (Å²) < 4.78 is 1.76. The van der Waals surface area contributed by atoms with Gasteiger partial charge >= 0.3 is 0 Å². The first-order valence-corrected chi connectivity index (χ1v) is 6.24. The maximum Gasteiger partial charge on any atom is 0.146 e. The van der Waals surface area contributed by atoms with Crippen molar-refractivity contribution in [3.63, 3.8) is 0 Å². The van der Waals surface area contributed by atoms with Gasteiger partial charge in [0.25, 0.3) is 0 Å². The standard InChI is InChI=1S/C13H17ClN4/c1-13(2,3)16-8-12-15-9-17-18(12)11-7-5-4-6-10(11)14/h4-7,9,16H,8H2,1-3H3. The van der Waals surface area contributed by atoms with Gasteiger partial charge in [-0.25, -0.2) is 9.67 Å². The molecule has 4 nitrogen and oxygen atoms in total. The molecule has 18 heavy (non-hydrogen) atoms. The van der Waals surface area contributed by atoms with E-state index >= 15 is 0 Å². The summed E-state index contributed by atoms with van der Waals surface area (Å²) in [5, 5.41) is 8.28. The van der Waals surface area contributed by atoms with E-state index in [0.717, 1.165) is 11.5 Å². The van der Waals surface area contributed by atoms with Crippen molar-refractivity contribution in [2.45, 2.75) is 32.9 Å². The topological polar surface area (TPSA) is 42.7 Å². The number of nitrogens with one attached hydrogen (secondary N) is 1. The molecular formula is C13H17ClN4. The Hall–Kier alpha value is -1.39. The first-order valence-electron chi connectivity index (χ1n) is 5.86. The quantitative estimate of drug-likeness (QED) is 0.927. The number of para-hydroxylation sites is 1. The minimum absolute atomic E-state index is 0.0390. The third-order valence-corrected chi connectivity index (χ3v) is 2.80. The molecule has 0 aliphatic rings. The third-order valence-electron chi connectivity index (χ3n) is 2.48. The Balaban J connectivity index is 2.26. The van der Waals surface area contributed by atoms with E-state index in [1.165, 1.54) is 0 Å². The Morgan fingerprint density at radius 1 is 1.28 bits per heavy atom. The van der Waals surface area contributed by atoms with E-state index in [-0.39, 0.29) is 5.54 Å². The molecule has 96 valence electrons. The SMILES string of the molecule is CC(C)(C)NCc1ncnn1-c1ccccc1Cl. The second-order valence-corrected chi connectivity index (χ2v) is 5.55.